The van der Waals surface area contributed by atoms with Crippen LogP contribution in [0.1, 0.15) is 22.3 Å². The SMILES string of the molecule is O=C(CCN1CCOCC1)Nc1cccc(CNC(=O)c2ccc([N+](=O)[O-])cc2Cl)c1. The Balaban J connectivity index is 1.51. The van der Waals surface area contributed by atoms with Gasteiger partial charge in [-0.15, -0.1) is 0 Å². The predicted octanol–water partition coefficient (Wildman–Crippen LogP) is 2.84. The van der Waals surface area contributed by atoms with Crippen molar-refractivity contribution in [2.45, 2.75) is 13.0 Å². The van der Waals surface area contributed by atoms with E-state index in [4.69, 9.17) is 16.3 Å². The Bertz CT molecular complexity index is 963. The summed E-state index contributed by atoms with van der Waals surface area (Å²) in [6, 6.07) is 10.9. The first-order valence-electron chi connectivity index (χ1n) is 9.83. The van der Waals surface area contributed by atoms with Crippen molar-refractivity contribution in [1.29, 1.82) is 0 Å². The maximum atomic E-state index is 12.4. The number of nitro groups is 1. The molecule has 164 valence electrons. The first kappa shape index (κ1) is 22.7. The van der Waals surface area contributed by atoms with Gasteiger partial charge in [-0.3, -0.25) is 24.6 Å². The summed E-state index contributed by atoms with van der Waals surface area (Å²) in [4.78, 5) is 37.0. The van der Waals surface area contributed by atoms with E-state index in [9.17, 15) is 19.7 Å². The van der Waals surface area contributed by atoms with E-state index < -0.39 is 10.8 Å². The summed E-state index contributed by atoms with van der Waals surface area (Å²) in [5, 5.41) is 16.4. The highest BCUT2D eigenvalue weighted by Gasteiger charge is 2.15. The van der Waals surface area contributed by atoms with Crippen molar-refractivity contribution < 1.29 is 19.2 Å². The van der Waals surface area contributed by atoms with Gasteiger partial charge in [-0.25, -0.2) is 0 Å². The molecule has 3 rings (SSSR count). The van der Waals surface area contributed by atoms with Crippen LogP contribution in [0, 0.1) is 10.1 Å². The van der Waals surface area contributed by atoms with E-state index in [1.807, 2.05) is 6.07 Å². The number of halogens is 1. The van der Waals surface area contributed by atoms with Crippen LogP contribution in [0.15, 0.2) is 42.5 Å². The first-order chi connectivity index (χ1) is 14.9. The minimum absolute atomic E-state index is 0.00739. The zero-order valence-corrected chi connectivity index (χ0v) is 17.6. The molecule has 1 fully saturated rings. The second-order valence-corrected chi connectivity index (χ2v) is 7.46. The largest absolute Gasteiger partial charge is 0.379 e. The summed E-state index contributed by atoms with van der Waals surface area (Å²) in [6.07, 6.45) is 0.388. The number of benzene rings is 2. The monoisotopic (exact) mass is 446 g/mol. The lowest BCUT2D eigenvalue weighted by Crippen LogP contribution is -2.38. The van der Waals surface area contributed by atoms with Crippen LogP contribution in [0.5, 0.6) is 0 Å². The topological polar surface area (TPSA) is 114 Å². The second kappa shape index (κ2) is 10.9. The number of non-ortho nitro benzene ring substituents is 1. The van der Waals surface area contributed by atoms with E-state index in [1.54, 1.807) is 18.2 Å². The van der Waals surface area contributed by atoms with Gasteiger partial charge in [0.15, 0.2) is 0 Å². The number of carbonyl (C=O) groups is 2. The van der Waals surface area contributed by atoms with Crippen LogP contribution in [-0.2, 0) is 16.1 Å². The molecule has 2 aromatic carbocycles. The van der Waals surface area contributed by atoms with E-state index in [2.05, 4.69) is 15.5 Å². The van der Waals surface area contributed by atoms with Gasteiger partial charge in [0.1, 0.15) is 0 Å². The zero-order valence-electron chi connectivity index (χ0n) is 16.8. The van der Waals surface area contributed by atoms with Gasteiger partial charge >= 0.3 is 0 Å². The molecule has 31 heavy (non-hydrogen) atoms. The van der Waals surface area contributed by atoms with Crippen LogP contribution < -0.4 is 10.6 Å². The normalized spacial score (nSPS) is 14.1. The Morgan fingerprint density at radius 1 is 1.16 bits per heavy atom. The highest BCUT2D eigenvalue weighted by atomic mass is 35.5. The smallest absolute Gasteiger partial charge is 0.270 e. The quantitative estimate of drug-likeness (QED) is 0.476. The minimum atomic E-state index is -0.575. The molecule has 9 nitrogen and oxygen atoms in total. The predicted molar refractivity (Wildman–Crippen MR) is 116 cm³/mol. The van der Waals surface area contributed by atoms with E-state index in [-0.39, 0.29) is 28.7 Å². The second-order valence-electron chi connectivity index (χ2n) is 7.06. The summed E-state index contributed by atoms with van der Waals surface area (Å²) in [5.74, 6) is -0.523. The Morgan fingerprint density at radius 3 is 2.65 bits per heavy atom. The van der Waals surface area contributed by atoms with Crippen molar-refractivity contribution in [3.63, 3.8) is 0 Å². The molecule has 2 N–H and O–H groups in total. The molecule has 10 heteroatoms. The van der Waals surface area contributed by atoms with Gasteiger partial charge in [0, 0.05) is 50.4 Å². The zero-order chi connectivity index (χ0) is 22.2. The Labute approximate surface area is 184 Å². The fourth-order valence-corrected chi connectivity index (χ4v) is 3.41. The van der Waals surface area contributed by atoms with E-state index in [0.717, 1.165) is 24.7 Å². The van der Waals surface area contributed by atoms with Gasteiger partial charge in [-0.05, 0) is 23.8 Å². The molecule has 1 aliphatic heterocycles. The number of carbonyl (C=O) groups excluding carboxylic acids is 2. The van der Waals surface area contributed by atoms with Gasteiger partial charge < -0.3 is 15.4 Å². The van der Waals surface area contributed by atoms with Crippen molar-refractivity contribution in [2.75, 3.05) is 38.2 Å². The van der Waals surface area contributed by atoms with Crippen LogP contribution in [-0.4, -0.2) is 54.5 Å². The number of rotatable bonds is 8. The molecule has 0 saturated carbocycles. The van der Waals surface area contributed by atoms with Gasteiger partial charge in [0.2, 0.25) is 5.91 Å². The van der Waals surface area contributed by atoms with Crippen LogP contribution >= 0.6 is 11.6 Å². The number of nitrogens with one attached hydrogen (secondary N) is 2. The summed E-state index contributed by atoms with van der Waals surface area (Å²) in [6.45, 7) is 3.95. The molecule has 0 aromatic heterocycles. The lowest BCUT2D eigenvalue weighted by Gasteiger charge is -2.26. The number of nitro benzene ring substituents is 1. The lowest BCUT2D eigenvalue weighted by molar-refractivity contribution is -0.384. The fourth-order valence-electron chi connectivity index (χ4n) is 3.15. The number of morpholine rings is 1. The van der Waals surface area contributed by atoms with Gasteiger partial charge in [-0.2, -0.15) is 0 Å². The molecule has 2 aromatic rings. The molecule has 0 spiro atoms. The average Bonchev–Trinajstić information content (AvgIpc) is 2.77. The maximum Gasteiger partial charge on any atom is 0.270 e. The van der Waals surface area contributed by atoms with Gasteiger partial charge in [0.25, 0.3) is 11.6 Å². The first-order valence-corrected chi connectivity index (χ1v) is 10.2. The molecule has 0 aliphatic carbocycles. The maximum absolute atomic E-state index is 12.4. The van der Waals surface area contributed by atoms with Crippen molar-refractivity contribution >= 4 is 34.8 Å². The average molecular weight is 447 g/mol. The van der Waals surface area contributed by atoms with Gasteiger partial charge in [-0.1, -0.05) is 23.7 Å². The molecule has 0 radical (unpaired) electrons. The molecule has 0 unspecified atom stereocenters. The number of hydrogen-bond acceptors (Lipinski definition) is 6. The number of amides is 2. The van der Waals surface area contributed by atoms with Crippen LogP contribution in [0.2, 0.25) is 5.02 Å². The van der Waals surface area contributed by atoms with Gasteiger partial charge in [0.05, 0.1) is 28.7 Å². The fraction of sp³-hybridized carbons (Fsp3) is 0.333. The molecule has 1 heterocycles. The highest BCUT2D eigenvalue weighted by molar-refractivity contribution is 6.34. The number of ether oxygens (including phenoxy) is 1. The molecule has 0 atom stereocenters. The summed E-state index contributed by atoms with van der Waals surface area (Å²) in [7, 11) is 0. The molecule has 0 bridgehead atoms. The molecule has 1 aliphatic rings. The minimum Gasteiger partial charge on any atom is -0.379 e. The van der Waals surface area contributed by atoms with E-state index in [0.29, 0.717) is 31.9 Å². The summed E-state index contributed by atoms with van der Waals surface area (Å²) < 4.78 is 5.30. The van der Waals surface area contributed by atoms with Crippen LogP contribution in [0.4, 0.5) is 11.4 Å². The van der Waals surface area contributed by atoms with Crippen LogP contribution in [0.25, 0.3) is 0 Å². The summed E-state index contributed by atoms with van der Waals surface area (Å²) >= 11 is 6.00. The molecule has 2 amide bonds. The Morgan fingerprint density at radius 2 is 1.94 bits per heavy atom. The van der Waals surface area contributed by atoms with Crippen molar-refractivity contribution in [2.24, 2.45) is 0 Å². The number of nitrogens with zero attached hydrogens (tertiary/aromatic N) is 2. The highest BCUT2D eigenvalue weighted by Crippen LogP contribution is 2.22. The number of hydrogen-bond donors (Lipinski definition) is 2. The van der Waals surface area contributed by atoms with Crippen molar-refractivity contribution in [1.82, 2.24) is 10.2 Å². The van der Waals surface area contributed by atoms with E-state index >= 15 is 0 Å². The molecule has 1 saturated heterocycles. The lowest BCUT2D eigenvalue weighted by atomic mass is 10.1. The standard InChI is InChI=1S/C21H23ClN4O5/c22-19-13-17(26(29)30)4-5-18(19)21(28)23-14-15-2-1-3-16(12-15)24-20(27)6-7-25-8-10-31-11-9-25/h1-5,12-13H,6-11,14H2,(H,23,28)(H,24,27). The summed E-state index contributed by atoms with van der Waals surface area (Å²) in [5.41, 5.74) is 1.41. The molecular formula is C21H23ClN4O5. The number of anilines is 1. The van der Waals surface area contributed by atoms with Crippen molar-refractivity contribution in [3.05, 3.63) is 68.7 Å². The Hall–Kier alpha value is -3.01. The third kappa shape index (κ3) is 6.74. The van der Waals surface area contributed by atoms with E-state index in [1.165, 1.54) is 12.1 Å². The third-order valence-electron chi connectivity index (χ3n) is 4.83. The third-order valence-corrected chi connectivity index (χ3v) is 5.14. The Kier molecular flexibility index (Phi) is 7.94. The van der Waals surface area contributed by atoms with Crippen molar-refractivity contribution in [3.8, 4) is 0 Å². The van der Waals surface area contributed by atoms with Crippen LogP contribution in [0.3, 0.4) is 0 Å². The molecular weight excluding hydrogens is 424 g/mol.